The molecule has 4 heteroatoms. The van der Waals surface area contributed by atoms with Gasteiger partial charge in [0.25, 0.3) is 0 Å². The van der Waals surface area contributed by atoms with Gasteiger partial charge in [-0.2, -0.15) is 16.9 Å². The molecule has 1 N–H and O–H groups in total. The highest BCUT2D eigenvalue weighted by atomic mass is 32.2. The van der Waals surface area contributed by atoms with E-state index < -0.39 is 0 Å². The van der Waals surface area contributed by atoms with Crippen molar-refractivity contribution in [1.82, 2.24) is 15.1 Å². The van der Waals surface area contributed by atoms with Crippen LogP contribution in [0.3, 0.4) is 0 Å². The number of hydrogen-bond donors (Lipinski definition) is 1. The van der Waals surface area contributed by atoms with Crippen molar-refractivity contribution in [3.05, 3.63) is 18.0 Å². The summed E-state index contributed by atoms with van der Waals surface area (Å²) >= 11 is 1.86. The lowest BCUT2D eigenvalue weighted by molar-refractivity contribution is 0.517. The van der Waals surface area contributed by atoms with Gasteiger partial charge in [0.05, 0.1) is 6.20 Å². The smallest absolute Gasteiger partial charge is 0.0537 e. The van der Waals surface area contributed by atoms with Gasteiger partial charge in [-0.1, -0.05) is 13.8 Å². The van der Waals surface area contributed by atoms with Gasteiger partial charge in [-0.3, -0.25) is 4.68 Å². The molecule has 0 aliphatic rings. The van der Waals surface area contributed by atoms with E-state index in [2.05, 4.69) is 36.7 Å². The van der Waals surface area contributed by atoms with Crippen LogP contribution in [0.1, 0.15) is 38.3 Å². The van der Waals surface area contributed by atoms with Crippen molar-refractivity contribution < 1.29 is 0 Å². The summed E-state index contributed by atoms with van der Waals surface area (Å²) in [6, 6.07) is 0.461. The third kappa shape index (κ3) is 4.18. The van der Waals surface area contributed by atoms with E-state index in [0.29, 0.717) is 6.04 Å². The first-order valence-corrected chi connectivity index (χ1v) is 7.45. The van der Waals surface area contributed by atoms with Gasteiger partial charge in [-0.05, 0) is 25.6 Å². The maximum atomic E-state index is 4.39. The second kappa shape index (κ2) is 7.74. The minimum absolute atomic E-state index is 0.461. The first-order chi connectivity index (χ1) is 7.81. The van der Waals surface area contributed by atoms with Crippen molar-refractivity contribution in [1.29, 1.82) is 0 Å². The van der Waals surface area contributed by atoms with E-state index in [1.165, 1.54) is 12.0 Å². The first-order valence-electron chi connectivity index (χ1n) is 6.06. The van der Waals surface area contributed by atoms with Crippen molar-refractivity contribution in [3.63, 3.8) is 0 Å². The van der Waals surface area contributed by atoms with Crippen LogP contribution in [0.15, 0.2) is 12.4 Å². The second-order valence-electron chi connectivity index (χ2n) is 3.94. The average molecular weight is 241 g/mol. The van der Waals surface area contributed by atoms with E-state index in [9.17, 15) is 0 Å². The molecule has 1 heterocycles. The minimum Gasteiger partial charge on any atom is -0.310 e. The van der Waals surface area contributed by atoms with Crippen molar-refractivity contribution in [2.24, 2.45) is 0 Å². The van der Waals surface area contributed by atoms with Crippen LogP contribution in [0.4, 0.5) is 0 Å². The fourth-order valence-electron chi connectivity index (χ4n) is 1.68. The van der Waals surface area contributed by atoms with E-state index in [1.807, 2.05) is 22.6 Å². The Morgan fingerprint density at radius 1 is 1.50 bits per heavy atom. The zero-order valence-electron chi connectivity index (χ0n) is 10.6. The van der Waals surface area contributed by atoms with E-state index in [4.69, 9.17) is 0 Å². The quantitative estimate of drug-likeness (QED) is 0.759. The Labute approximate surface area is 103 Å². The molecular formula is C12H23N3S. The van der Waals surface area contributed by atoms with Crippen molar-refractivity contribution in [2.75, 3.05) is 18.6 Å². The number of nitrogens with zero attached hydrogens (tertiary/aromatic N) is 2. The lowest BCUT2D eigenvalue weighted by atomic mass is 10.1. The van der Waals surface area contributed by atoms with Gasteiger partial charge in [0.1, 0.15) is 0 Å². The summed E-state index contributed by atoms with van der Waals surface area (Å²) in [5, 5.41) is 7.94. The lowest BCUT2D eigenvalue weighted by Crippen LogP contribution is -2.21. The number of aromatic nitrogens is 2. The minimum atomic E-state index is 0.461. The largest absolute Gasteiger partial charge is 0.310 e. The molecule has 0 aliphatic heterocycles. The molecule has 0 fully saturated rings. The molecule has 1 atom stereocenters. The zero-order valence-corrected chi connectivity index (χ0v) is 11.4. The number of rotatable bonds is 8. The molecule has 1 unspecified atom stereocenters. The standard InChI is InChI=1S/C12H23N3S/c1-4-6-13-12(5-2)11-9-14-15(10-11)7-8-16-3/h9-10,12-13H,4-8H2,1-3H3. The molecule has 16 heavy (non-hydrogen) atoms. The second-order valence-corrected chi connectivity index (χ2v) is 4.93. The molecule has 1 rings (SSSR count). The van der Waals surface area contributed by atoms with E-state index >= 15 is 0 Å². The highest BCUT2D eigenvalue weighted by Gasteiger charge is 2.09. The normalized spacial score (nSPS) is 12.9. The Hall–Kier alpha value is -0.480. The van der Waals surface area contributed by atoms with Gasteiger partial charge in [0.15, 0.2) is 0 Å². The van der Waals surface area contributed by atoms with Crippen LogP contribution in [-0.4, -0.2) is 28.3 Å². The van der Waals surface area contributed by atoms with Crippen molar-refractivity contribution in [3.8, 4) is 0 Å². The molecule has 3 nitrogen and oxygen atoms in total. The molecule has 0 aliphatic carbocycles. The Kier molecular flexibility index (Phi) is 6.57. The maximum Gasteiger partial charge on any atom is 0.0537 e. The van der Waals surface area contributed by atoms with Crippen LogP contribution in [-0.2, 0) is 6.54 Å². The lowest BCUT2D eigenvalue weighted by Gasteiger charge is -2.14. The third-order valence-electron chi connectivity index (χ3n) is 2.63. The maximum absolute atomic E-state index is 4.39. The molecule has 0 radical (unpaired) electrons. The van der Waals surface area contributed by atoms with Crippen LogP contribution in [0.5, 0.6) is 0 Å². The predicted molar refractivity (Wildman–Crippen MR) is 71.9 cm³/mol. The first kappa shape index (κ1) is 13.6. The number of thioether (sulfide) groups is 1. The Morgan fingerprint density at radius 3 is 2.94 bits per heavy atom. The summed E-state index contributed by atoms with van der Waals surface area (Å²) in [7, 11) is 0. The average Bonchev–Trinajstić information content (AvgIpc) is 2.76. The fourth-order valence-corrected chi connectivity index (χ4v) is 2.05. The van der Waals surface area contributed by atoms with Crippen molar-refractivity contribution in [2.45, 2.75) is 39.3 Å². The number of aryl methyl sites for hydroxylation is 1. The molecular weight excluding hydrogens is 218 g/mol. The summed E-state index contributed by atoms with van der Waals surface area (Å²) in [6.45, 7) is 6.49. The predicted octanol–water partition coefficient (Wildman–Crippen LogP) is 2.70. The highest BCUT2D eigenvalue weighted by Crippen LogP contribution is 2.15. The van der Waals surface area contributed by atoms with Gasteiger partial charge < -0.3 is 5.32 Å². The van der Waals surface area contributed by atoms with Gasteiger partial charge in [0, 0.05) is 30.1 Å². The highest BCUT2D eigenvalue weighted by molar-refractivity contribution is 7.98. The summed E-state index contributed by atoms with van der Waals surface area (Å²) < 4.78 is 2.04. The molecule has 0 saturated carbocycles. The van der Waals surface area contributed by atoms with E-state index in [0.717, 1.165) is 25.3 Å². The molecule has 0 amide bonds. The molecule has 0 bridgehead atoms. The number of nitrogens with one attached hydrogen (secondary N) is 1. The van der Waals surface area contributed by atoms with Crippen LogP contribution in [0, 0.1) is 0 Å². The van der Waals surface area contributed by atoms with Gasteiger partial charge in [-0.15, -0.1) is 0 Å². The van der Waals surface area contributed by atoms with Crippen LogP contribution >= 0.6 is 11.8 Å². The fraction of sp³-hybridized carbons (Fsp3) is 0.750. The molecule has 0 saturated heterocycles. The van der Waals surface area contributed by atoms with Crippen LogP contribution < -0.4 is 5.32 Å². The topological polar surface area (TPSA) is 29.9 Å². The summed E-state index contributed by atoms with van der Waals surface area (Å²) in [5.74, 6) is 1.13. The molecule has 1 aromatic rings. The summed E-state index contributed by atoms with van der Waals surface area (Å²) in [5.41, 5.74) is 1.32. The van der Waals surface area contributed by atoms with Crippen molar-refractivity contribution >= 4 is 11.8 Å². The molecule has 1 aromatic heterocycles. The molecule has 0 spiro atoms. The summed E-state index contributed by atoms with van der Waals surface area (Å²) in [6.07, 6.45) is 8.59. The van der Waals surface area contributed by atoms with E-state index in [1.54, 1.807) is 0 Å². The van der Waals surface area contributed by atoms with Gasteiger partial charge >= 0.3 is 0 Å². The van der Waals surface area contributed by atoms with Gasteiger partial charge in [-0.25, -0.2) is 0 Å². The molecule has 92 valence electrons. The van der Waals surface area contributed by atoms with Crippen LogP contribution in [0.25, 0.3) is 0 Å². The monoisotopic (exact) mass is 241 g/mol. The Bertz CT molecular complexity index is 286. The SMILES string of the molecule is CCCNC(CC)c1cnn(CCSC)c1. The van der Waals surface area contributed by atoms with E-state index in [-0.39, 0.29) is 0 Å². The zero-order chi connectivity index (χ0) is 11.8. The molecule has 0 aromatic carbocycles. The Morgan fingerprint density at radius 2 is 2.31 bits per heavy atom. The summed E-state index contributed by atoms with van der Waals surface area (Å²) in [4.78, 5) is 0. The third-order valence-corrected chi connectivity index (χ3v) is 3.22. The Balaban J connectivity index is 2.52. The number of hydrogen-bond acceptors (Lipinski definition) is 3. The van der Waals surface area contributed by atoms with Gasteiger partial charge in [0.2, 0.25) is 0 Å². The van der Waals surface area contributed by atoms with Crippen LogP contribution in [0.2, 0.25) is 0 Å².